The molecule has 0 aliphatic heterocycles. The van der Waals surface area contributed by atoms with Crippen LogP contribution in [0.3, 0.4) is 0 Å². The van der Waals surface area contributed by atoms with Gasteiger partial charge < -0.3 is 9.47 Å². The molecule has 0 bridgehead atoms. The molecule has 0 aromatic heterocycles. The number of hydrogen-bond acceptors (Lipinski definition) is 4. The number of carbonyl (C=O) groups is 2. The van der Waals surface area contributed by atoms with E-state index < -0.39 is 0 Å². The van der Waals surface area contributed by atoms with Crippen LogP contribution in [-0.4, -0.2) is 18.5 Å². The Labute approximate surface area is 155 Å². The van der Waals surface area contributed by atoms with Crippen molar-refractivity contribution in [3.63, 3.8) is 0 Å². The average Bonchev–Trinajstić information content (AvgIpc) is 2.65. The Kier molecular flexibility index (Phi) is 8.13. The molecule has 0 saturated heterocycles. The van der Waals surface area contributed by atoms with Crippen molar-refractivity contribution in [3.05, 3.63) is 48.0 Å². The maximum atomic E-state index is 11.8. The van der Waals surface area contributed by atoms with Gasteiger partial charge in [-0.3, -0.25) is 9.59 Å². The number of esters is 2. The molecule has 2 aromatic carbocycles. The molecule has 0 aliphatic rings. The summed E-state index contributed by atoms with van der Waals surface area (Å²) in [4.78, 5) is 23.5. The van der Waals surface area contributed by atoms with Crippen LogP contribution in [-0.2, 0) is 25.7 Å². The van der Waals surface area contributed by atoms with Gasteiger partial charge in [0.25, 0.3) is 0 Å². The van der Waals surface area contributed by atoms with E-state index in [4.69, 9.17) is 9.47 Å². The van der Waals surface area contributed by atoms with Gasteiger partial charge in [-0.2, -0.15) is 0 Å². The lowest BCUT2D eigenvalue weighted by atomic mass is 10.1. The van der Waals surface area contributed by atoms with Gasteiger partial charge in [0.15, 0.2) is 0 Å². The smallest absolute Gasteiger partial charge is 0.306 e. The Morgan fingerprint density at radius 2 is 1.65 bits per heavy atom. The number of hydrogen-bond donors (Lipinski definition) is 0. The highest BCUT2D eigenvalue weighted by Gasteiger charge is 2.09. The minimum Gasteiger partial charge on any atom is -0.465 e. The summed E-state index contributed by atoms with van der Waals surface area (Å²) < 4.78 is 10.5. The molecule has 26 heavy (non-hydrogen) atoms. The minimum atomic E-state index is -0.287. The van der Waals surface area contributed by atoms with Gasteiger partial charge in [0.1, 0.15) is 6.61 Å². The van der Waals surface area contributed by atoms with Crippen molar-refractivity contribution in [2.75, 3.05) is 6.61 Å². The van der Waals surface area contributed by atoms with Gasteiger partial charge in [-0.15, -0.1) is 0 Å². The second-order valence-electron chi connectivity index (χ2n) is 6.77. The quantitative estimate of drug-likeness (QED) is 0.560. The van der Waals surface area contributed by atoms with E-state index in [1.807, 2.05) is 42.5 Å². The van der Waals surface area contributed by atoms with E-state index in [2.05, 4.69) is 13.8 Å². The molecule has 140 valence electrons. The molecule has 4 heteroatoms. The van der Waals surface area contributed by atoms with Gasteiger partial charge in [0.2, 0.25) is 0 Å². The summed E-state index contributed by atoms with van der Waals surface area (Å²) in [5.41, 5.74) is 0.960. The summed E-state index contributed by atoms with van der Waals surface area (Å²) in [7, 11) is 0. The third-order valence-corrected chi connectivity index (χ3v) is 4.29. The number of benzene rings is 2. The molecule has 0 saturated carbocycles. The first-order chi connectivity index (χ1) is 12.6. The summed E-state index contributed by atoms with van der Waals surface area (Å²) in [5, 5.41) is 2.29. The average molecular weight is 356 g/mol. The van der Waals surface area contributed by atoms with Crippen LogP contribution in [0.2, 0.25) is 0 Å². The molecule has 0 heterocycles. The molecule has 0 fully saturated rings. The van der Waals surface area contributed by atoms with E-state index in [0.29, 0.717) is 18.9 Å². The molecule has 2 aromatic rings. The van der Waals surface area contributed by atoms with Crippen molar-refractivity contribution >= 4 is 22.7 Å². The fourth-order valence-electron chi connectivity index (χ4n) is 2.83. The summed E-state index contributed by atoms with van der Waals surface area (Å²) in [6.07, 6.45) is 3.07. The Balaban J connectivity index is 1.64. The van der Waals surface area contributed by atoms with Crippen LogP contribution < -0.4 is 0 Å². The van der Waals surface area contributed by atoms with Crippen LogP contribution in [0.1, 0.15) is 51.5 Å². The fourth-order valence-corrected chi connectivity index (χ4v) is 2.83. The summed E-state index contributed by atoms with van der Waals surface area (Å²) >= 11 is 0. The molecule has 4 nitrogen and oxygen atoms in total. The SMILES string of the molecule is CCCC(C)COC(=O)CCCC(=O)OCc1ccc2ccccc2c1. The zero-order valence-corrected chi connectivity index (χ0v) is 15.7. The van der Waals surface area contributed by atoms with E-state index in [1.165, 1.54) is 0 Å². The van der Waals surface area contributed by atoms with Crippen molar-refractivity contribution in [2.24, 2.45) is 5.92 Å². The van der Waals surface area contributed by atoms with Crippen LogP contribution >= 0.6 is 0 Å². The molecular formula is C22H28O4. The minimum absolute atomic E-state index is 0.229. The zero-order chi connectivity index (χ0) is 18.8. The summed E-state index contributed by atoms with van der Waals surface area (Å²) in [6.45, 7) is 4.89. The predicted octanol–water partition coefficient (Wildman–Crippen LogP) is 5.03. The number of fused-ring (bicyclic) bond motifs is 1. The van der Waals surface area contributed by atoms with Crippen LogP contribution in [0.5, 0.6) is 0 Å². The van der Waals surface area contributed by atoms with E-state index in [-0.39, 0.29) is 31.4 Å². The second kappa shape index (κ2) is 10.6. The van der Waals surface area contributed by atoms with E-state index in [1.54, 1.807) is 0 Å². The van der Waals surface area contributed by atoms with Crippen molar-refractivity contribution in [3.8, 4) is 0 Å². The highest BCUT2D eigenvalue weighted by atomic mass is 16.5. The Morgan fingerprint density at radius 1 is 0.962 bits per heavy atom. The van der Waals surface area contributed by atoms with E-state index in [0.717, 1.165) is 29.2 Å². The third-order valence-electron chi connectivity index (χ3n) is 4.29. The maximum Gasteiger partial charge on any atom is 0.306 e. The molecular weight excluding hydrogens is 328 g/mol. The van der Waals surface area contributed by atoms with Crippen LogP contribution in [0.25, 0.3) is 10.8 Å². The second-order valence-corrected chi connectivity index (χ2v) is 6.77. The Bertz CT molecular complexity index is 723. The monoisotopic (exact) mass is 356 g/mol. The maximum absolute atomic E-state index is 11.8. The van der Waals surface area contributed by atoms with E-state index >= 15 is 0 Å². The largest absolute Gasteiger partial charge is 0.465 e. The van der Waals surface area contributed by atoms with Gasteiger partial charge in [-0.05, 0) is 41.2 Å². The first kappa shape index (κ1) is 20.0. The normalized spacial score (nSPS) is 11.9. The fraction of sp³-hybridized carbons (Fsp3) is 0.455. The van der Waals surface area contributed by atoms with Crippen molar-refractivity contribution in [1.29, 1.82) is 0 Å². The molecule has 0 spiro atoms. The number of ether oxygens (including phenoxy) is 2. The highest BCUT2D eigenvalue weighted by Crippen LogP contribution is 2.16. The zero-order valence-electron chi connectivity index (χ0n) is 15.7. The molecule has 0 amide bonds. The van der Waals surface area contributed by atoms with Crippen molar-refractivity contribution in [1.82, 2.24) is 0 Å². The number of carbonyl (C=O) groups excluding carboxylic acids is 2. The Hall–Kier alpha value is -2.36. The van der Waals surface area contributed by atoms with Crippen LogP contribution in [0.4, 0.5) is 0 Å². The van der Waals surface area contributed by atoms with Gasteiger partial charge in [0, 0.05) is 12.8 Å². The first-order valence-electron chi connectivity index (χ1n) is 9.37. The molecule has 0 N–H and O–H groups in total. The standard InChI is InChI=1S/C22H28O4/c1-3-7-17(2)15-25-21(23)10-6-11-22(24)26-16-18-12-13-19-8-4-5-9-20(19)14-18/h4-5,8-9,12-14,17H,3,6-7,10-11,15-16H2,1-2H3. The van der Waals surface area contributed by atoms with Crippen LogP contribution in [0, 0.1) is 5.92 Å². The van der Waals surface area contributed by atoms with Gasteiger partial charge >= 0.3 is 11.9 Å². The third kappa shape index (κ3) is 6.87. The first-order valence-corrected chi connectivity index (χ1v) is 9.37. The molecule has 1 atom stereocenters. The predicted molar refractivity (Wildman–Crippen MR) is 103 cm³/mol. The molecule has 0 radical (unpaired) electrons. The van der Waals surface area contributed by atoms with Gasteiger partial charge in [-0.1, -0.05) is 56.7 Å². The molecule has 1 unspecified atom stereocenters. The molecule has 0 aliphatic carbocycles. The topological polar surface area (TPSA) is 52.6 Å². The van der Waals surface area contributed by atoms with Gasteiger partial charge in [0.05, 0.1) is 6.61 Å². The van der Waals surface area contributed by atoms with Crippen LogP contribution in [0.15, 0.2) is 42.5 Å². The lowest BCUT2D eigenvalue weighted by Crippen LogP contribution is -2.12. The Morgan fingerprint density at radius 3 is 2.38 bits per heavy atom. The lowest BCUT2D eigenvalue weighted by Gasteiger charge is -2.10. The van der Waals surface area contributed by atoms with E-state index in [9.17, 15) is 9.59 Å². The van der Waals surface area contributed by atoms with Crippen molar-refractivity contribution < 1.29 is 19.1 Å². The lowest BCUT2D eigenvalue weighted by molar-refractivity contribution is -0.146. The summed E-state index contributed by atoms with van der Waals surface area (Å²) in [6, 6.07) is 14.1. The van der Waals surface area contributed by atoms with Gasteiger partial charge in [-0.25, -0.2) is 0 Å². The molecule has 2 rings (SSSR count). The highest BCUT2D eigenvalue weighted by molar-refractivity contribution is 5.83. The summed E-state index contributed by atoms with van der Waals surface area (Å²) in [5.74, 6) is -0.142. The number of rotatable bonds is 10. The van der Waals surface area contributed by atoms with Crippen molar-refractivity contribution in [2.45, 2.75) is 52.6 Å².